The number of aromatic nitrogens is 2. The molecule has 1 aliphatic heterocycles. The zero-order valence-corrected chi connectivity index (χ0v) is 18.3. The summed E-state index contributed by atoms with van der Waals surface area (Å²) in [5.41, 5.74) is 3.00. The average Bonchev–Trinajstić information content (AvgIpc) is 3.09. The molecule has 2 aromatic carbocycles. The molecule has 0 bridgehead atoms. The molecule has 2 heterocycles. The van der Waals surface area contributed by atoms with Crippen LogP contribution in [0.25, 0.3) is 11.3 Å². The first-order valence-electron chi connectivity index (χ1n) is 10.5. The van der Waals surface area contributed by atoms with Crippen molar-refractivity contribution in [3.8, 4) is 34.3 Å². The summed E-state index contributed by atoms with van der Waals surface area (Å²) in [6.45, 7) is 3.47. The number of imidazole rings is 1. The zero-order chi connectivity index (χ0) is 21.6. The van der Waals surface area contributed by atoms with E-state index in [0.717, 1.165) is 47.0 Å². The highest BCUT2D eigenvalue weighted by Crippen LogP contribution is 2.41. The van der Waals surface area contributed by atoms with E-state index >= 15 is 0 Å². The third kappa shape index (κ3) is 5.11. The second kappa shape index (κ2) is 9.75. The fraction of sp³-hybridized carbons (Fsp3) is 0.375. The molecule has 0 aliphatic carbocycles. The maximum Gasteiger partial charge on any atom is 0.164 e. The Bertz CT molecular complexity index is 1020. The summed E-state index contributed by atoms with van der Waals surface area (Å²) in [6, 6.07) is 12.0. The van der Waals surface area contributed by atoms with Crippen LogP contribution in [0.1, 0.15) is 12.0 Å². The number of hydrogen-bond donors (Lipinski definition) is 0. The molecule has 0 radical (unpaired) electrons. The summed E-state index contributed by atoms with van der Waals surface area (Å²) in [7, 11) is 5.74. The standard InChI is InChI=1S/C24H29N3O4/c1-26(2)8-11-29-19-7-4-6-18(12-19)16-27-17-25-15-21(27)20-13-23-24(14-22(20)28-3)31-10-5-9-30-23/h4,6-7,12-15,17H,5,8-11,16H2,1-3H3. The van der Waals surface area contributed by atoms with Gasteiger partial charge in [0.1, 0.15) is 18.1 Å². The molecule has 3 aromatic rings. The topological polar surface area (TPSA) is 58.0 Å². The third-order valence-corrected chi connectivity index (χ3v) is 5.12. The second-order valence-electron chi connectivity index (χ2n) is 7.76. The van der Waals surface area contributed by atoms with E-state index in [1.54, 1.807) is 7.11 Å². The molecule has 0 saturated heterocycles. The molecule has 0 amide bonds. The molecule has 31 heavy (non-hydrogen) atoms. The Morgan fingerprint density at radius 1 is 1.10 bits per heavy atom. The Labute approximate surface area is 183 Å². The van der Waals surface area contributed by atoms with E-state index in [4.69, 9.17) is 18.9 Å². The summed E-state index contributed by atoms with van der Waals surface area (Å²) in [4.78, 5) is 6.49. The first kappa shape index (κ1) is 21.1. The minimum Gasteiger partial charge on any atom is -0.496 e. The number of hydrogen-bond acceptors (Lipinski definition) is 6. The number of ether oxygens (including phenoxy) is 4. The lowest BCUT2D eigenvalue weighted by molar-refractivity contribution is 0.261. The summed E-state index contributed by atoms with van der Waals surface area (Å²) >= 11 is 0. The highest BCUT2D eigenvalue weighted by Gasteiger charge is 2.19. The van der Waals surface area contributed by atoms with Crippen molar-refractivity contribution < 1.29 is 18.9 Å². The number of methoxy groups -OCH3 is 1. The summed E-state index contributed by atoms with van der Waals surface area (Å²) in [5, 5.41) is 0. The van der Waals surface area contributed by atoms with Gasteiger partial charge in [0, 0.05) is 31.1 Å². The van der Waals surface area contributed by atoms with Crippen LogP contribution < -0.4 is 18.9 Å². The molecule has 0 saturated carbocycles. The highest BCUT2D eigenvalue weighted by atomic mass is 16.5. The molecule has 0 spiro atoms. The van der Waals surface area contributed by atoms with Gasteiger partial charge in [-0.25, -0.2) is 4.98 Å². The molecular weight excluding hydrogens is 394 g/mol. The van der Waals surface area contributed by atoms with Crippen molar-refractivity contribution in [2.24, 2.45) is 0 Å². The monoisotopic (exact) mass is 423 g/mol. The van der Waals surface area contributed by atoms with Gasteiger partial charge in [0.2, 0.25) is 0 Å². The van der Waals surface area contributed by atoms with Crippen LogP contribution in [0.15, 0.2) is 48.9 Å². The number of benzene rings is 2. The Kier molecular flexibility index (Phi) is 6.62. The van der Waals surface area contributed by atoms with Crippen LogP contribution in [0, 0.1) is 0 Å². The molecule has 164 valence electrons. The quantitative estimate of drug-likeness (QED) is 0.551. The van der Waals surface area contributed by atoms with Crippen molar-refractivity contribution in [1.82, 2.24) is 14.5 Å². The molecule has 0 atom stereocenters. The summed E-state index contributed by atoms with van der Waals surface area (Å²) in [5.74, 6) is 3.05. The summed E-state index contributed by atoms with van der Waals surface area (Å²) in [6.07, 6.45) is 4.54. The normalized spacial score (nSPS) is 13.2. The van der Waals surface area contributed by atoms with Crippen LogP contribution in [-0.4, -0.2) is 62.0 Å². The predicted octanol–water partition coefficient (Wildman–Crippen LogP) is 3.71. The first-order chi connectivity index (χ1) is 15.1. The van der Waals surface area contributed by atoms with Crippen molar-refractivity contribution in [3.63, 3.8) is 0 Å². The molecule has 0 N–H and O–H groups in total. The van der Waals surface area contributed by atoms with Crippen molar-refractivity contribution in [2.75, 3.05) is 47.6 Å². The van der Waals surface area contributed by atoms with Crippen LogP contribution in [0.5, 0.6) is 23.0 Å². The lowest BCUT2D eigenvalue weighted by atomic mass is 10.1. The van der Waals surface area contributed by atoms with Crippen LogP contribution >= 0.6 is 0 Å². The van der Waals surface area contributed by atoms with Gasteiger partial charge in [-0.15, -0.1) is 0 Å². The second-order valence-corrected chi connectivity index (χ2v) is 7.76. The zero-order valence-electron chi connectivity index (χ0n) is 18.3. The minimum atomic E-state index is 0.638. The number of nitrogens with zero attached hydrogens (tertiary/aromatic N) is 3. The van der Waals surface area contributed by atoms with Crippen molar-refractivity contribution in [1.29, 1.82) is 0 Å². The van der Waals surface area contributed by atoms with Gasteiger partial charge in [-0.2, -0.15) is 0 Å². The maximum absolute atomic E-state index is 5.89. The van der Waals surface area contributed by atoms with Gasteiger partial charge in [0.15, 0.2) is 11.5 Å². The van der Waals surface area contributed by atoms with E-state index in [2.05, 4.69) is 26.6 Å². The Balaban J connectivity index is 1.58. The van der Waals surface area contributed by atoms with E-state index < -0.39 is 0 Å². The van der Waals surface area contributed by atoms with Crippen molar-refractivity contribution in [3.05, 3.63) is 54.5 Å². The van der Waals surface area contributed by atoms with Crippen molar-refractivity contribution >= 4 is 0 Å². The minimum absolute atomic E-state index is 0.638. The molecule has 0 fully saturated rings. The van der Waals surface area contributed by atoms with Crippen LogP contribution in [-0.2, 0) is 6.54 Å². The lowest BCUT2D eigenvalue weighted by Crippen LogP contribution is -2.19. The average molecular weight is 424 g/mol. The Morgan fingerprint density at radius 3 is 2.68 bits per heavy atom. The molecular formula is C24H29N3O4. The van der Waals surface area contributed by atoms with E-state index in [0.29, 0.717) is 32.1 Å². The maximum atomic E-state index is 5.89. The first-order valence-corrected chi connectivity index (χ1v) is 10.5. The van der Waals surface area contributed by atoms with Gasteiger partial charge in [0.25, 0.3) is 0 Å². The van der Waals surface area contributed by atoms with Gasteiger partial charge >= 0.3 is 0 Å². The lowest BCUT2D eigenvalue weighted by Gasteiger charge is -2.16. The summed E-state index contributed by atoms with van der Waals surface area (Å²) < 4.78 is 25.3. The van der Waals surface area contributed by atoms with Crippen LogP contribution in [0.2, 0.25) is 0 Å². The van der Waals surface area contributed by atoms with Crippen LogP contribution in [0.3, 0.4) is 0 Å². The van der Waals surface area contributed by atoms with E-state index in [9.17, 15) is 0 Å². The highest BCUT2D eigenvalue weighted by molar-refractivity contribution is 5.72. The molecule has 1 aromatic heterocycles. The molecule has 4 rings (SSSR count). The number of likely N-dealkylation sites (N-methyl/N-ethyl adjacent to an activating group) is 1. The molecule has 7 nitrogen and oxygen atoms in total. The SMILES string of the molecule is COc1cc2c(cc1-c1cncn1Cc1cccc(OCCN(C)C)c1)OCCCO2. The van der Waals surface area contributed by atoms with E-state index in [1.165, 1.54) is 0 Å². The van der Waals surface area contributed by atoms with Gasteiger partial charge in [-0.1, -0.05) is 12.1 Å². The molecule has 1 aliphatic rings. The molecule has 0 unspecified atom stereocenters. The number of fused-ring (bicyclic) bond motifs is 1. The predicted molar refractivity (Wildman–Crippen MR) is 119 cm³/mol. The van der Waals surface area contributed by atoms with Gasteiger partial charge in [0.05, 0.1) is 38.5 Å². The largest absolute Gasteiger partial charge is 0.496 e. The Morgan fingerprint density at radius 2 is 1.90 bits per heavy atom. The smallest absolute Gasteiger partial charge is 0.164 e. The van der Waals surface area contributed by atoms with Crippen LogP contribution in [0.4, 0.5) is 0 Å². The fourth-order valence-electron chi connectivity index (χ4n) is 3.51. The van der Waals surface area contributed by atoms with E-state index in [-0.39, 0.29) is 0 Å². The number of rotatable bonds is 8. The third-order valence-electron chi connectivity index (χ3n) is 5.12. The molecule has 7 heteroatoms. The van der Waals surface area contributed by atoms with Crippen molar-refractivity contribution in [2.45, 2.75) is 13.0 Å². The fourth-order valence-corrected chi connectivity index (χ4v) is 3.51. The van der Waals surface area contributed by atoms with Gasteiger partial charge < -0.3 is 28.4 Å². The van der Waals surface area contributed by atoms with E-state index in [1.807, 2.05) is 50.9 Å². The van der Waals surface area contributed by atoms with Gasteiger partial charge in [-0.05, 0) is 37.9 Å². The van der Waals surface area contributed by atoms with Gasteiger partial charge in [-0.3, -0.25) is 0 Å². The Hall–Kier alpha value is -3.19.